The molecule has 2 aliphatic heterocycles. The number of carbonyl (C=O) groups excluding carboxylic acids is 1. The summed E-state index contributed by atoms with van der Waals surface area (Å²) in [5.41, 5.74) is 2.80. The first kappa shape index (κ1) is 31.2. The molecular formula is C37H41F3N4O. The van der Waals surface area contributed by atoms with Crippen LogP contribution in [0.4, 0.5) is 13.2 Å². The van der Waals surface area contributed by atoms with Gasteiger partial charge in [-0.25, -0.2) is 4.98 Å². The van der Waals surface area contributed by atoms with E-state index in [1.807, 2.05) is 61.5 Å². The summed E-state index contributed by atoms with van der Waals surface area (Å²) in [6.07, 6.45) is 2.08. The number of nitrogens with zero attached hydrogens (tertiary/aromatic N) is 3. The van der Waals surface area contributed by atoms with Gasteiger partial charge in [0, 0.05) is 29.1 Å². The molecule has 1 atom stereocenters. The van der Waals surface area contributed by atoms with Gasteiger partial charge in [-0.15, -0.1) is 0 Å². The summed E-state index contributed by atoms with van der Waals surface area (Å²) in [4.78, 5) is 24.3. The van der Waals surface area contributed by atoms with Gasteiger partial charge >= 0.3 is 6.18 Å². The number of para-hydroxylation sites is 1. The summed E-state index contributed by atoms with van der Waals surface area (Å²) in [6, 6.07) is 23.0. The van der Waals surface area contributed by atoms with Gasteiger partial charge in [0.05, 0.1) is 28.4 Å². The van der Waals surface area contributed by atoms with Gasteiger partial charge in [-0.1, -0.05) is 74.0 Å². The molecule has 5 nitrogen and oxygen atoms in total. The molecule has 8 heteroatoms. The van der Waals surface area contributed by atoms with Gasteiger partial charge in [0.15, 0.2) is 0 Å². The van der Waals surface area contributed by atoms with Gasteiger partial charge in [0.25, 0.3) is 5.91 Å². The Morgan fingerprint density at radius 1 is 0.911 bits per heavy atom. The fraction of sp³-hybridized carbons (Fsp3) is 0.405. The summed E-state index contributed by atoms with van der Waals surface area (Å²) in [5.74, 6) is -0.240. The Hall–Kier alpha value is -3.75. The largest absolute Gasteiger partial charge is 0.416 e. The molecule has 2 saturated heterocycles. The number of aromatic nitrogens is 1. The second-order valence-electron chi connectivity index (χ2n) is 12.4. The van der Waals surface area contributed by atoms with E-state index in [1.165, 1.54) is 25.3 Å². The van der Waals surface area contributed by atoms with Crippen molar-refractivity contribution in [2.45, 2.75) is 70.3 Å². The number of nitrogens with one attached hydrogen (secondary N) is 1. The number of fused-ring (bicyclic) bond motifs is 1. The Kier molecular flexibility index (Phi) is 9.52. The minimum absolute atomic E-state index is 0.212. The Bertz CT molecular complexity index is 1610. The van der Waals surface area contributed by atoms with Crippen molar-refractivity contribution < 1.29 is 18.0 Å². The fourth-order valence-corrected chi connectivity index (χ4v) is 7.03. The average molecular weight is 615 g/mol. The fourth-order valence-electron chi connectivity index (χ4n) is 7.03. The SMILES string of the molecule is CCC(NC(=O)c1c(CN2CCC(N3CCCCC3)CC2)c(-c2cccc(C(F)(F)F)c2)nc2ccccc12)c1ccccc1. The highest BCUT2D eigenvalue weighted by molar-refractivity contribution is 6.09. The van der Waals surface area contributed by atoms with E-state index in [9.17, 15) is 18.0 Å². The lowest BCUT2D eigenvalue weighted by atomic mass is 9.93. The predicted octanol–water partition coefficient (Wildman–Crippen LogP) is 8.25. The molecule has 1 aromatic heterocycles. The van der Waals surface area contributed by atoms with Crippen LogP contribution in [0.25, 0.3) is 22.2 Å². The zero-order valence-electron chi connectivity index (χ0n) is 25.8. The molecule has 3 aromatic carbocycles. The average Bonchev–Trinajstić information content (AvgIpc) is 3.07. The molecule has 1 N–H and O–H groups in total. The number of hydrogen-bond donors (Lipinski definition) is 1. The lowest BCUT2D eigenvalue weighted by molar-refractivity contribution is -0.137. The molecule has 0 spiro atoms. The molecule has 0 aliphatic carbocycles. The van der Waals surface area contributed by atoms with Crippen molar-refractivity contribution in [3.8, 4) is 11.3 Å². The third-order valence-electron chi connectivity index (χ3n) is 9.45. The number of halogens is 3. The minimum Gasteiger partial charge on any atom is -0.345 e. The maximum Gasteiger partial charge on any atom is 0.416 e. The van der Waals surface area contributed by atoms with Crippen molar-refractivity contribution in [3.63, 3.8) is 0 Å². The van der Waals surface area contributed by atoms with E-state index < -0.39 is 11.7 Å². The molecule has 1 amide bonds. The highest BCUT2D eigenvalue weighted by atomic mass is 19.4. The summed E-state index contributed by atoms with van der Waals surface area (Å²) in [6.45, 7) is 6.50. The first-order chi connectivity index (χ1) is 21.8. The van der Waals surface area contributed by atoms with Gasteiger partial charge in [-0.05, 0) is 82.0 Å². The normalized spacial score (nSPS) is 17.8. The summed E-state index contributed by atoms with van der Waals surface area (Å²) >= 11 is 0. The minimum atomic E-state index is -4.49. The third-order valence-corrected chi connectivity index (χ3v) is 9.45. The number of benzene rings is 3. The number of amides is 1. The van der Waals surface area contributed by atoms with Gasteiger partial charge in [0.2, 0.25) is 0 Å². The first-order valence-corrected chi connectivity index (χ1v) is 16.2. The van der Waals surface area contributed by atoms with Crippen molar-refractivity contribution >= 4 is 16.8 Å². The zero-order valence-corrected chi connectivity index (χ0v) is 25.8. The van der Waals surface area contributed by atoms with Gasteiger partial charge in [-0.2, -0.15) is 13.2 Å². The molecular weight excluding hydrogens is 573 g/mol. The van der Waals surface area contributed by atoms with E-state index in [4.69, 9.17) is 4.98 Å². The molecule has 0 bridgehead atoms. The van der Waals surface area contributed by atoms with E-state index in [-0.39, 0.29) is 11.9 Å². The van der Waals surface area contributed by atoms with Crippen molar-refractivity contribution in [1.82, 2.24) is 20.1 Å². The molecule has 45 heavy (non-hydrogen) atoms. The van der Waals surface area contributed by atoms with E-state index in [2.05, 4.69) is 15.1 Å². The van der Waals surface area contributed by atoms with E-state index in [1.54, 1.807) is 6.07 Å². The van der Waals surface area contributed by atoms with Crippen molar-refractivity contribution in [1.29, 1.82) is 0 Å². The lowest BCUT2D eigenvalue weighted by Gasteiger charge is -2.40. The number of piperidine rings is 2. The number of hydrogen-bond acceptors (Lipinski definition) is 4. The van der Waals surface area contributed by atoms with Crippen LogP contribution >= 0.6 is 0 Å². The van der Waals surface area contributed by atoms with E-state index in [0.717, 1.165) is 56.7 Å². The van der Waals surface area contributed by atoms with Crippen LogP contribution in [-0.2, 0) is 12.7 Å². The molecule has 2 fully saturated rings. The molecule has 4 aromatic rings. The van der Waals surface area contributed by atoms with Crippen LogP contribution < -0.4 is 5.32 Å². The number of carbonyl (C=O) groups is 1. The van der Waals surface area contributed by atoms with Crippen LogP contribution in [0.15, 0.2) is 78.9 Å². The highest BCUT2D eigenvalue weighted by Crippen LogP contribution is 2.36. The molecule has 0 radical (unpaired) electrons. The molecule has 1 unspecified atom stereocenters. The second kappa shape index (κ2) is 13.7. The van der Waals surface area contributed by atoms with Gasteiger partial charge in [0.1, 0.15) is 0 Å². The second-order valence-corrected chi connectivity index (χ2v) is 12.4. The number of likely N-dealkylation sites (tertiary alicyclic amines) is 2. The van der Waals surface area contributed by atoms with Crippen molar-refractivity contribution in [2.75, 3.05) is 26.2 Å². The van der Waals surface area contributed by atoms with E-state index >= 15 is 0 Å². The smallest absolute Gasteiger partial charge is 0.345 e. The van der Waals surface area contributed by atoms with Crippen LogP contribution in [0, 0.1) is 0 Å². The summed E-state index contributed by atoms with van der Waals surface area (Å²) in [7, 11) is 0. The highest BCUT2D eigenvalue weighted by Gasteiger charge is 2.32. The maximum atomic E-state index is 14.4. The topological polar surface area (TPSA) is 48.5 Å². The number of rotatable bonds is 8. The number of alkyl halides is 3. The maximum absolute atomic E-state index is 14.4. The Morgan fingerprint density at radius 2 is 1.62 bits per heavy atom. The number of pyridine rings is 1. The van der Waals surface area contributed by atoms with Crippen LogP contribution in [0.5, 0.6) is 0 Å². The Labute approximate surface area is 263 Å². The summed E-state index contributed by atoms with van der Waals surface area (Å²) < 4.78 is 41.6. The molecule has 3 heterocycles. The monoisotopic (exact) mass is 614 g/mol. The Balaban J connectivity index is 1.42. The molecule has 236 valence electrons. The lowest BCUT2D eigenvalue weighted by Crippen LogP contribution is -2.46. The zero-order chi connectivity index (χ0) is 31.4. The van der Waals surface area contributed by atoms with Gasteiger partial charge in [-0.3, -0.25) is 9.69 Å². The van der Waals surface area contributed by atoms with Crippen molar-refractivity contribution in [2.24, 2.45) is 0 Å². The predicted molar refractivity (Wildman–Crippen MR) is 173 cm³/mol. The van der Waals surface area contributed by atoms with Crippen molar-refractivity contribution in [3.05, 3.63) is 101 Å². The molecule has 0 saturated carbocycles. The quantitative estimate of drug-likeness (QED) is 0.217. The summed E-state index contributed by atoms with van der Waals surface area (Å²) in [5, 5.41) is 3.96. The first-order valence-electron chi connectivity index (χ1n) is 16.2. The van der Waals surface area contributed by atoms with E-state index in [0.29, 0.717) is 52.3 Å². The van der Waals surface area contributed by atoms with Crippen LogP contribution in [-0.4, -0.2) is 52.9 Å². The van der Waals surface area contributed by atoms with Gasteiger partial charge < -0.3 is 10.2 Å². The molecule has 2 aliphatic rings. The standard InChI is InChI=1S/C37H41F3N4O/c1-2-32(26-12-5-3-6-13-26)42-36(45)34-30-16-7-8-17-33(30)41-35(27-14-11-15-28(24-27)37(38,39)40)31(34)25-43-22-18-29(19-23-43)44-20-9-4-10-21-44/h3,5-8,11-17,24,29,32H,2,4,9-10,18-23,25H2,1H3,(H,42,45). The van der Waals surface area contributed by atoms with Crippen LogP contribution in [0.1, 0.15) is 78.5 Å². The van der Waals surface area contributed by atoms with Crippen LogP contribution in [0.3, 0.4) is 0 Å². The molecule has 6 rings (SSSR count). The third kappa shape index (κ3) is 7.07. The Morgan fingerprint density at radius 3 is 2.33 bits per heavy atom. The van der Waals surface area contributed by atoms with Crippen LogP contribution in [0.2, 0.25) is 0 Å².